The van der Waals surface area contributed by atoms with Crippen LogP contribution in [0.15, 0.2) is 36.4 Å². The summed E-state index contributed by atoms with van der Waals surface area (Å²) in [7, 11) is 0. The summed E-state index contributed by atoms with van der Waals surface area (Å²) < 4.78 is 33.9. The van der Waals surface area contributed by atoms with Crippen LogP contribution in [-0.2, 0) is 41.3 Å². The second kappa shape index (κ2) is 17.4. The first-order valence-corrected chi connectivity index (χ1v) is 14.0. The van der Waals surface area contributed by atoms with Gasteiger partial charge in [-0.2, -0.15) is 0 Å². The third-order valence-corrected chi connectivity index (χ3v) is 6.39. The Bertz CT molecular complexity index is 994. The molecule has 1 aromatic carbocycles. The number of aromatic nitrogens is 2. The van der Waals surface area contributed by atoms with Crippen molar-refractivity contribution in [1.82, 2.24) is 9.97 Å². The number of nitrogens with zero attached hydrogens (tertiary/aromatic N) is 2. The summed E-state index contributed by atoms with van der Waals surface area (Å²) in [5.41, 5.74) is 4.07. The number of hydrogen-bond donors (Lipinski definition) is 0. The molecule has 0 fully saturated rings. The van der Waals surface area contributed by atoms with Gasteiger partial charge in [0.1, 0.15) is 0 Å². The quantitative estimate of drug-likeness (QED) is 0.395. The highest BCUT2D eigenvalue weighted by Gasteiger charge is 2.07. The van der Waals surface area contributed by atoms with E-state index in [1.54, 1.807) is 0 Å². The van der Waals surface area contributed by atoms with E-state index in [4.69, 9.17) is 38.4 Å². The van der Waals surface area contributed by atoms with Gasteiger partial charge >= 0.3 is 0 Å². The van der Waals surface area contributed by atoms with Crippen molar-refractivity contribution in [3.05, 3.63) is 47.8 Å². The van der Waals surface area contributed by atoms with Crippen LogP contribution in [0.25, 0.3) is 21.8 Å². The number of rotatable bonds is 0. The molecule has 0 amide bonds. The highest BCUT2D eigenvalue weighted by atomic mass is 16.5. The van der Waals surface area contributed by atoms with Gasteiger partial charge in [-0.3, -0.25) is 9.97 Å². The third kappa shape index (κ3) is 10.2. The van der Waals surface area contributed by atoms with Crippen LogP contribution in [0.1, 0.15) is 37.1 Å². The molecule has 208 valence electrons. The van der Waals surface area contributed by atoms with Crippen molar-refractivity contribution in [1.29, 1.82) is 0 Å². The van der Waals surface area contributed by atoms with Crippen molar-refractivity contribution < 1.29 is 28.4 Å². The maximum absolute atomic E-state index is 5.74. The van der Waals surface area contributed by atoms with Gasteiger partial charge in [0, 0.05) is 48.6 Å². The van der Waals surface area contributed by atoms with Gasteiger partial charge in [0.15, 0.2) is 0 Å². The molecule has 2 aromatic heterocycles. The summed E-state index contributed by atoms with van der Waals surface area (Å²) in [4.78, 5) is 9.96. The lowest BCUT2D eigenvalue weighted by Crippen LogP contribution is -2.11. The summed E-state index contributed by atoms with van der Waals surface area (Å²) in [6.45, 7) is 7.57. The molecular weight excluding hydrogens is 484 g/mol. The Kier molecular flexibility index (Phi) is 13.2. The highest BCUT2D eigenvalue weighted by Crippen LogP contribution is 2.23. The lowest BCUT2D eigenvalue weighted by Gasteiger charge is -2.09. The first-order chi connectivity index (χ1) is 18.9. The van der Waals surface area contributed by atoms with Gasteiger partial charge in [-0.25, -0.2) is 0 Å². The molecule has 4 rings (SSSR count). The van der Waals surface area contributed by atoms with Crippen LogP contribution in [-0.4, -0.2) is 89.3 Å². The zero-order chi connectivity index (χ0) is 26.1. The molecule has 0 saturated carbocycles. The molecule has 1 aliphatic rings. The maximum atomic E-state index is 5.74. The van der Waals surface area contributed by atoms with E-state index in [1.807, 2.05) is 0 Å². The van der Waals surface area contributed by atoms with Gasteiger partial charge in [-0.15, -0.1) is 0 Å². The normalized spacial score (nSPS) is 19.7. The predicted octanol–water partition coefficient (Wildman–Crippen LogP) is 4.54. The number of fused-ring (bicyclic) bond motifs is 2. The van der Waals surface area contributed by atoms with Gasteiger partial charge in [0.05, 0.1) is 63.9 Å². The Labute approximate surface area is 225 Å². The van der Waals surface area contributed by atoms with E-state index in [0.717, 1.165) is 84.9 Å². The monoisotopic (exact) mass is 526 g/mol. The third-order valence-electron chi connectivity index (χ3n) is 6.39. The van der Waals surface area contributed by atoms with Gasteiger partial charge in [0.25, 0.3) is 0 Å². The number of aryl methyl sites for hydroxylation is 2. The van der Waals surface area contributed by atoms with Crippen LogP contribution in [0.2, 0.25) is 0 Å². The summed E-state index contributed by atoms with van der Waals surface area (Å²) in [5, 5.41) is 2.23. The first kappa shape index (κ1) is 28.8. The Morgan fingerprint density at radius 1 is 0.368 bits per heavy atom. The van der Waals surface area contributed by atoms with Crippen molar-refractivity contribution in [2.24, 2.45) is 0 Å². The topological polar surface area (TPSA) is 81.2 Å². The Hall–Kier alpha value is -2.20. The minimum absolute atomic E-state index is 0.583. The molecule has 0 aliphatic carbocycles. The molecule has 1 aliphatic heterocycles. The lowest BCUT2D eigenvalue weighted by atomic mass is 10.1. The van der Waals surface area contributed by atoms with E-state index < -0.39 is 0 Å². The van der Waals surface area contributed by atoms with E-state index in [1.165, 1.54) is 0 Å². The second-order valence-electron chi connectivity index (χ2n) is 9.40. The highest BCUT2D eigenvalue weighted by molar-refractivity contribution is 6.02. The Balaban J connectivity index is 1.30. The predicted molar refractivity (Wildman–Crippen MR) is 148 cm³/mol. The average molecular weight is 527 g/mol. The molecule has 4 bridgehead atoms. The zero-order valence-corrected chi connectivity index (χ0v) is 22.5. The van der Waals surface area contributed by atoms with E-state index >= 15 is 0 Å². The number of ether oxygens (including phenoxy) is 6. The number of pyridine rings is 2. The standard InChI is InChI=1S/C30H42N2O6/c1-2-14-34-18-22-38-24-20-36-16-4-6-28-12-10-26-8-7-25-9-11-27(31-29(25)30(26)32-28)5-3-15-35-19-23-37-21-17-33-13-1/h7-12H,1-6,13-24H2. The number of benzene rings is 1. The van der Waals surface area contributed by atoms with Gasteiger partial charge < -0.3 is 28.4 Å². The minimum Gasteiger partial charge on any atom is -0.379 e. The first-order valence-electron chi connectivity index (χ1n) is 14.0. The molecular formula is C30H42N2O6. The van der Waals surface area contributed by atoms with Crippen LogP contribution >= 0.6 is 0 Å². The summed E-state index contributed by atoms with van der Waals surface area (Å²) >= 11 is 0. The van der Waals surface area contributed by atoms with Crippen LogP contribution in [0.3, 0.4) is 0 Å². The van der Waals surface area contributed by atoms with Crippen LogP contribution in [0.5, 0.6) is 0 Å². The molecule has 0 spiro atoms. The van der Waals surface area contributed by atoms with Crippen LogP contribution in [0, 0.1) is 0 Å². The second-order valence-corrected chi connectivity index (χ2v) is 9.40. The SMILES string of the molecule is c1cc2ccc3ccc4nc3c2nc1CCCOCCOCCOCCCCOCCOCCOCCC4. The molecule has 8 heteroatoms. The molecule has 0 atom stereocenters. The average Bonchev–Trinajstić information content (AvgIpc) is 2.94. The fourth-order valence-corrected chi connectivity index (χ4v) is 4.33. The minimum atomic E-state index is 0.583. The van der Waals surface area contributed by atoms with Crippen molar-refractivity contribution in [3.8, 4) is 0 Å². The number of hydrogen-bond acceptors (Lipinski definition) is 8. The fraction of sp³-hybridized carbons (Fsp3) is 0.600. The summed E-state index contributed by atoms with van der Waals surface area (Å²) in [6, 6.07) is 12.8. The molecule has 0 radical (unpaired) electrons. The van der Waals surface area contributed by atoms with Crippen molar-refractivity contribution in [3.63, 3.8) is 0 Å². The summed E-state index contributed by atoms with van der Waals surface area (Å²) in [5.74, 6) is 0. The molecule has 0 saturated heterocycles. The fourth-order valence-electron chi connectivity index (χ4n) is 4.33. The zero-order valence-electron chi connectivity index (χ0n) is 22.5. The molecule has 8 nitrogen and oxygen atoms in total. The van der Waals surface area contributed by atoms with E-state index in [0.29, 0.717) is 66.1 Å². The molecule has 0 unspecified atom stereocenters. The smallest absolute Gasteiger partial charge is 0.0967 e. The van der Waals surface area contributed by atoms with Crippen LogP contribution < -0.4 is 0 Å². The molecule has 38 heavy (non-hydrogen) atoms. The van der Waals surface area contributed by atoms with Crippen molar-refractivity contribution in [2.75, 3.05) is 79.3 Å². The van der Waals surface area contributed by atoms with Gasteiger partial charge in [-0.05, 0) is 50.7 Å². The van der Waals surface area contributed by atoms with E-state index in [9.17, 15) is 0 Å². The largest absolute Gasteiger partial charge is 0.379 e. The molecule has 3 heterocycles. The summed E-state index contributed by atoms with van der Waals surface area (Å²) in [6.07, 6.45) is 5.53. The van der Waals surface area contributed by atoms with Crippen molar-refractivity contribution >= 4 is 21.8 Å². The van der Waals surface area contributed by atoms with E-state index in [2.05, 4.69) is 36.4 Å². The maximum Gasteiger partial charge on any atom is 0.0967 e. The molecule has 3 aromatic rings. The van der Waals surface area contributed by atoms with Gasteiger partial charge in [-0.1, -0.05) is 24.3 Å². The van der Waals surface area contributed by atoms with Crippen LogP contribution in [0.4, 0.5) is 0 Å². The Morgan fingerprint density at radius 3 is 1.08 bits per heavy atom. The van der Waals surface area contributed by atoms with E-state index in [-0.39, 0.29) is 0 Å². The van der Waals surface area contributed by atoms with Gasteiger partial charge in [0.2, 0.25) is 0 Å². The lowest BCUT2D eigenvalue weighted by molar-refractivity contribution is 0.00692. The van der Waals surface area contributed by atoms with Crippen molar-refractivity contribution in [2.45, 2.75) is 38.5 Å². The molecule has 0 N–H and O–H groups in total. The Morgan fingerprint density at radius 2 is 0.684 bits per heavy atom.